The molecule has 1 fully saturated rings. The molecule has 0 bridgehead atoms. The van der Waals surface area contributed by atoms with E-state index >= 15 is 0 Å². The van der Waals surface area contributed by atoms with E-state index in [9.17, 15) is 9.18 Å². The first-order valence-electron chi connectivity index (χ1n) is 10.8. The Kier molecular flexibility index (Phi) is 10.2. The molecule has 0 spiro atoms. The van der Waals surface area contributed by atoms with Gasteiger partial charge in [-0.1, -0.05) is 36.9 Å². The third-order valence-electron chi connectivity index (χ3n) is 5.29. The van der Waals surface area contributed by atoms with E-state index in [1.165, 1.54) is 6.07 Å². The second kappa shape index (κ2) is 13.1. The lowest BCUT2D eigenvalue weighted by Crippen LogP contribution is -2.36. The highest BCUT2D eigenvalue weighted by atomic mass is 19.1. The Hall–Kier alpha value is -3.52. The van der Waals surface area contributed by atoms with Crippen molar-refractivity contribution in [3.05, 3.63) is 84.5 Å². The largest absolute Gasteiger partial charge is 0.483 e. The molecule has 3 rings (SSSR count). The Morgan fingerprint density at radius 2 is 2.12 bits per heavy atom. The maximum Gasteiger partial charge on any atom is 0.290 e. The summed E-state index contributed by atoms with van der Waals surface area (Å²) in [6.45, 7) is 6.14. The molecule has 0 aliphatic carbocycles. The third-order valence-corrected chi connectivity index (χ3v) is 5.29. The number of nitrogens with two attached hydrogens (primary N) is 1. The lowest BCUT2D eigenvalue weighted by atomic mass is 10.0. The average molecular weight is 455 g/mol. The molecule has 2 aromatic rings. The molecule has 1 aromatic carbocycles. The Balaban J connectivity index is 0.00000122. The highest BCUT2D eigenvalue weighted by molar-refractivity contribution is 5.77. The van der Waals surface area contributed by atoms with Crippen molar-refractivity contribution in [1.82, 2.24) is 14.7 Å². The number of carbonyl (C=O) groups excluding carboxylic acids is 1. The quantitative estimate of drug-likeness (QED) is 0.465. The van der Waals surface area contributed by atoms with E-state index in [2.05, 4.69) is 6.58 Å². The van der Waals surface area contributed by atoms with E-state index in [-0.39, 0.29) is 30.7 Å². The van der Waals surface area contributed by atoms with Crippen molar-refractivity contribution in [2.45, 2.75) is 44.7 Å². The molecule has 0 radical (unpaired) electrons. The van der Waals surface area contributed by atoms with Crippen LogP contribution in [0, 0.1) is 5.82 Å². The molecule has 2 atom stereocenters. The van der Waals surface area contributed by atoms with Crippen LogP contribution in [-0.4, -0.2) is 44.8 Å². The van der Waals surface area contributed by atoms with Crippen molar-refractivity contribution >= 4 is 18.1 Å². The van der Waals surface area contributed by atoms with E-state index in [4.69, 9.17) is 20.7 Å². The minimum absolute atomic E-state index is 0.00815. The van der Waals surface area contributed by atoms with Gasteiger partial charge >= 0.3 is 0 Å². The van der Waals surface area contributed by atoms with Gasteiger partial charge in [-0.3, -0.25) is 9.59 Å². The van der Waals surface area contributed by atoms with Gasteiger partial charge in [0.05, 0.1) is 17.4 Å². The molecule has 176 valence electrons. The molecule has 1 aliphatic heterocycles. The number of allylic oxidation sites excluding steroid dienone is 5. The van der Waals surface area contributed by atoms with Crippen molar-refractivity contribution in [1.29, 1.82) is 0 Å². The first-order chi connectivity index (χ1) is 15.9. The number of likely N-dealkylation sites (tertiary alicyclic amines) is 1. The smallest absolute Gasteiger partial charge is 0.290 e. The number of halogens is 1. The minimum atomic E-state index is -0.426. The van der Waals surface area contributed by atoms with Gasteiger partial charge in [-0.2, -0.15) is 5.10 Å². The number of rotatable bonds is 8. The second-order valence-corrected chi connectivity index (χ2v) is 7.62. The van der Waals surface area contributed by atoms with Crippen LogP contribution in [-0.2, 0) is 16.0 Å². The molecule has 2 unspecified atom stereocenters. The second-order valence-electron chi connectivity index (χ2n) is 7.62. The van der Waals surface area contributed by atoms with Crippen LogP contribution in [0.3, 0.4) is 0 Å². The summed E-state index contributed by atoms with van der Waals surface area (Å²) in [4.78, 5) is 23.2. The SMILES string of the molecule is C=CC=C(C=CC)n1ccc(C2CCCN2C(=O)CC(N)Cc2ccccc2F)n1.O=CO. The summed E-state index contributed by atoms with van der Waals surface area (Å²) in [6, 6.07) is 8.03. The van der Waals surface area contributed by atoms with Gasteiger partial charge in [0.1, 0.15) is 5.82 Å². The van der Waals surface area contributed by atoms with Crippen LogP contribution in [0.4, 0.5) is 4.39 Å². The summed E-state index contributed by atoms with van der Waals surface area (Å²) in [5.41, 5.74) is 8.49. The third kappa shape index (κ3) is 7.25. The van der Waals surface area contributed by atoms with Crippen molar-refractivity contribution in [3.63, 3.8) is 0 Å². The molecule has 3 N–H and O–H groups in total. The molecule has 1 saturated heterocycles. The number of hydrogen-bond donors (Lipinski definition) is 2. The van der Waals surface area contributed by atoms with Crippen LogP contribution >= 0.6 is 0 Å². The van der Waals surface area contributed by atoms with Crippen LogP contribution in [0.15, 0.2) is 67.4 Å². The molecule has 8 heteroatoms. The number of benzene rings is 1. The lowest BCUT2D eigenvalue weighted by molar-refractivity contribution is -0.132. The van der Waals surface area contributed by atoms with Crippen molar-refractivity contribution < 1.29 is 19.1 Å². The van der Waals surface area contributed by atoms with Gasteiger partial charge < -0.3 is 15.7 Å². The standard InChI is InChI=1S/C24H29FN4O.CH2O2/c1-3-8-20(9-4-2)29-15-13-22(27-29)23-12-7-14-28(23)24(30)17-19(26)16-18-10-5-6-11-21(18)25;2-1-3/h3-6,8-11,13,15,19,23H,1,7,12,14,16-17,26H2,2H3;1H,(H,2,3). The predicted molar refractivity (Wildman–Crippen MR) is 127 cm³/mol. The van der Waals surface area contributed by atoms with E-state index in [0.717, 1.165) is 24.2 Å². The Labute approximate surface area is 193 Å². The van der Waals surface area contributed by atoms with Crippen LogP contribution in [0.25, 0.3) is 5.70 Å². The van der Waals surface area contributed by atoms with Gasteiger partial charge in [0.25, 0.3) is 6.47 Å². The highest BCUT2D eigenvalue weighted by Crippen LogP contribution is 2.32. The van der Waals surface area contributed by atoms with Gasteiger partial charge in [-0.15, -0.1) is 0 Å². The van der Waals surface area contributed by atoms with Crippen LogP contribution < -0.4 is 5.73 Å². The van der Waals surface area contributed by atoms with Crippen molar-refractivity contribution in [2.24, 2.45) is 5.73 Å². The summed E-state index contributed by atoms with van der Waals surface area (Å²) >= 11 is 0. The maximum absolute atomic E-state index is 13.9. The normalized spacial score (nSPS) is 16.9. The highest BCUT2D eigenvalue weighted by Gasteiger charge is 2.32. The topological polar surface area (TPSA) is 101 Å². The number of amides is 1. The van der Waals surface area contributed by atoms with Gasteiger partial charge in [-0.25, -0.2) is 9.07 Å². The zero-order valence-corrected chi connectivity index (χ0v) is 18.8. The molecular weight excluding hydrogens is 423 g/mol. The van der Waals surface area contributed by atoms with Gasteiger partial charge in [0, 0.05) is 25.2 Å². The molecule has 0 saturated carbocycles. The van der Waals surface area contributed by atoms with Crippen LogP contribution in [0.5, 0.6) is 0 Å². The van der Waals surface area contributed by atoms with Crippen LogP contribution in [0.2, 0.25) is 0 Å². The van der Waals surface area contributed by atoms with E-state index in [1.807, 2.05) is 42.3 Å². The number of nitrogens with zero attached hydrogens (tertiary/aromatic N) is 3. The average Bonchev–Trinajstić information content (AvgIpc) is 3.45. The van der Waals surface area contributed by atoms with E-state index in [1.54, 1.807) is 29.0 Å². The molecule has 7 nitrogen and oxygen atoms in total. The monoisotopic (exact) mass is 454 g/mol. The Bertz CT molecular complexity index is 999. The lowest BCUT2D eigenvalue weighted by Gasteiger charge is -2.25. The fourth-order valence-electron chi connectivity index (χ4n) is 3.89. The zero-order chi connectivity index (χ0) is 24.2. The number of carboxylic acid groups (broad SMARTS) is 1. The fraction of sp³-hybridized carbons (Fsp3) is 0.320. The molecule has 1 aliphatic rings. The molecule has 1 aromatic heterocycles. The first-order valence-corrected chi connectivity index (χ1v) is 10.8. The molecule has 2 heterocycles. The van der Waals surface area contributed by atoms with Crippen molar-refractivity contribution in [3.8, 4) is 0 Å². The van der Waals surface area contributed by atoms with Gasteiger partial charge in [0.15, 0.2) is 0 Å². The number of aromatic nitrogens is 2. The van der Waals surface area contributed by atoms with Crippen LogP contribution in [0.1, 0.15) is 43.5 Å². The maximum atomic E-state index is 13.9. The Morgan fingerprint density at radius 3 is 2.79 bits per heavy atom. The first kappa shape index (κ1) is 25.7. The molecular formula is C25H31FN4O3. The van der Waals surface area contributed by atoms with E-state index in [0.29, 0.717) is 18.5 Å². The van der Waals surface area contributed by atoms with Gasteiger partial charge in [0.2, 0.25) is 5.91 Å². The summed E-state index contributed by atoms with van der Waals surface area (Å²) in [5, 5.41) is 11.6. The summed E-state index contributed by atoms with van der Waals surface area (Å²) < 4.78 is 15.7. The number of hydrogen-bond acceptors (Lipinski definition) is 4. The van der Waals surface area contributed by atoms with Crippen molar-refractivity contribution in [2.75, 3.05) is 6.54 Å². The van der Waals surface area contributed by atoms with Gasteiger partial charge in [-0.05, 0) is 56.0 Å². The fourth-order valence-corrected chi connectivity index (χ4v) is 3.89. The predicted octanol–water partition coefficient (Wildman–Crippen LogP) is 3.95. The molecule has 1 amide bonds. The summed E-state index contributed by atoms with van der Waals surface area (Å²) in [7, 11) is 0. The van der Waals surface area contributed by atoms with E-state index < -0.39 is 6.04 Å². The summed E-state index contributed by atoms with van der Waals surface area (Å²) in [5.74, 6) is -0.291. The minimum Gasteiger partial charge on any atom is -0.483 e. The molecule has 33 heavy (non-hydrogen) atoms. The Morgan fingerprint density at radius 1 is 1.39 bits per heavy atom. The number of carbonyl (C=O) groups is 2. The zero-order valence-electron chi connectivity index (χ0n) is 18.8. The summed E-state index contributed by atoms with van der Waals surface area (Å²) in [6.07, 6.45) is 11.7.